The fourth-order valence-corrected chi connectivity index (χ4v) is 2.84. The molecule has 1 heterocycles. The van der Waals surface area contributed by atoms with E-state index in [9.17, 15) is 4.79 Å². The smallest absolute Gasteiger partial charge is 0.136 e. The van der Waals surface area contributed by atoms with Crippen molar-refractivity contribution < 1.29 is 4.79 Å². The van der Waals surface area contributed by atoms with E-state index in [1.165, 1.54) is 0 Å². The number of carbonyl (C=O) groups excluding carboxylic acids is 1. The van der Waals surface area contributed by atoms with Crippen molar-refractivity contribution in [2.24, 2.45) is 5.92 Å². The van der Waals surface area contributed by atoms with Gasteiger partial charge in [-0.05, 0) is 20.3 Å². The van der Waals surface area contributed by atoms with Crippen LogP contribution in [0.3, 0.4) is 0 Å². The first-order valence-corrected chi connectivity index (χ1v) is 7.35. The molecule has 106 valence electrons. The third-order valence-electron chi connectivity index (χ3n) is 3.77. The van der Waals surface area contributed by atoms with Crippen LogP contribution in [0.4, 0.5) is 0 Å². The van der Waals surface area contributed by atoms with E-state index in [0.717, 1.165) is 13.0 Å². The number of ketones is 1. The molecule has 0 aromatic carbocycles. The van der Waals surface area contributed by atoms with Crippen molar-refractivity contribution in [3.63, 3.8) is 0 Å². The molecule has 1 fully saturated rings. The van der Waals surface area contributed by atoms with Crippen molar-refractivity contribution in [1.82, 2.24) is 10.2 Å². The average molecular weight is 254 g/mol. The number of hydrogen-bond donors (Lipinski definition) is 1. The maximum atomic E-state index is 11.9. The van der Waals surface area contributed by atoms with Crippen molar-refractivity contribution in [3.8, 4) is 0 Å². The Morgan fingerprint density at radius 1 is 1.22 bits per heavy atom. The van der Waals surface area contributed by atoms with Crippen LogP contribution in [-0.4, -0.2) is 41.4 Å². The molecule has 1 aliphatic heterocycles. The van der Waals surface area contributed by atoms with Crippen molar-refractivity contribution >= 4 is 5.78 Å². The van der Waals surface area contributed by atoms with Gasteiger partial charge in [-0.15, -0.1) is 0 Å². The van der Waals surface area contributed by atoms with E-state index >= 15 is 0 Å². The van der Waals surface area contributed by atoms with Gasteiger partial charge in [-0.25, -0.2) is 0 Å². The van der Waals surface area contributed by atoms with E-state index < -0.39 is 0 Å². The minimum atomic E-state index is 0.163. The molecule has 3 nitrogen and oxygen atoms in total. The maximum Gasteiger partial charge on any atom is 0.136 e. The molecule has 0 bridgehead atoms. The van der Waals surface area contributed by atoms with Gasteiger partial charge in [0.05, 0.1) is 0 Å². The number of rotatable bonds is 6. The molecule has 0 radical (unpaired) electrons. The Kier molecular flexibility index (Phi) is 5.80. The number of Topliss-reactive ketones (excluding diaryl/α,β-unsaturated/α-hetero) is 1. The third-order valence-corrected chi connectivity index (χ3v) is 3.77. The van der Waals surface area contributed by atoms with Gasteiger partial charge < -0.3 is 5.32 Å². The van der Waals surface area contributed by atoms with Crippen LogP contribution >= 0.6 is 0 Å². The monoisotopic (exact) mass is 254 g/mol. The maximum absolute atomic E-state index is 11.9. The summed E-state index contributed by atoms with van der Waals surface area (Å²) in [5, 5.41) is 3.61. The van der Waals surface area contributed by atoms with E-state index in [0.29, 0.717) is 36.4 Å². The number of carbonyl (C=O) groups is 1. The largest absolute Gasteiger partial charge is 0.310 e. The summed E-state index contributed by atoms with van der Waals surface area (Å²) in [5.74, 6) is 0.562. The summed E-state index contributed by atoms with van der Waals surface area (Å²) in [5.41, 5.74) is 0. The second-order valence-corrected chi connectivity index (χ2v) is 6.52. The van der Waals surface area contributed by atoms with Crippen LogP contribution in [0.5, 0.6) is 0 Å². The van der Waals surface area contributed by atoms with E-state index in [4.69, 9.17) is 0 Å². The number of likely N-dealkylation sites (tertiary alicyclic amines) is 1. The van der Waals surface area contributed by atoms with Gasteiger partial charge in [0.25, 0.3) is 0 Å². The normalized spacial score (nSPS) is 25.6. The van der Waals surface area contributed by atoms with Gasteiger partial charge in [0, 0.05) is 43.1 Å². The summed E-state index contributed by atoms with van der Waals surface area (Å²) in [6.07, 6.45) is 1.82. The number of nitrogens with zero attached hydrogens (tertiary/aromatic N) is 1. The highest BCUT2D eigenvalue weighted by molar-refractivity contribution is 5.80. The fraction of sp³-hybridized carbons (Fsp3) is 0.933. The van der Waals surface area contributed by atoms with Gasteiger partial charge in [0.2, 0.25) is 0 Å². The summed E-state index contributed by atoms with van der Waals surface area (Å²) in [6.45, 7) is 13.9. The molecule has 0 aromatic rings. The van der Waals surface area contributed by atoms with Gasteiger partial charge >= 0.3 is 0 Å². The van der Waals surface area contributed by atoms with Crippen LogP contribution in [0.2, 0.25) is 0 Å². The Labute approximate surface area is 112 Å². The van der Waals surface area contributed by atoms with Crippen molar-refractivity contribution in [3.05, 3.63) is 0 Å². The standard InChI is InChI=1S/C15H30N2O/c1-10(2)15(18)8-14-7-13(16-11(3)4)9-17(14)12(5)6/h10-14,16H,7-9H2,1-6H3/t13-,14+/m0/s1. The quantitative estimate of drug-likeness (QED) is 0.790. The van der Waals surface area contributed by atoms with Crippen molar-refractivity contribution in [1.29, 1.82) is 0 Å². The number of hydrogen-bond acceptors (Lipinski definition) is 3. The second-order valence-electron chi connectivity index (χ2n) is 6.52. The number of nitrogens with one attached hydrogen (secondary N) is 1. The summed E-state index contributed by atoms with van der Waals surface area (Å²) >= 11 is 0. The topological polar surface area (TPSA) is 32.3 Å². The van der Waals surface area contributed by atoms with Gasteiger partial charge in [-0.2, -0.15) is 0 Å². The van der Waals surface area contributed by atoms with Gasteiger partial charge in [-0.3, -0.25) is 9.69 Å². The lowest BCUT2D eigenvalue weighted by Crippen LogP contribution is -2.40. The van der Waals surface area contributed by atoms with Crippen LogP contribution in [-0.2, 0) is 4.79 Å². The summed E-state index contributed by atoms with van der Waals surface area (Å²) < 4.78 is 0. The van der Waals surface area contributed by atoms with E-state index in [2.05, 4.69) is 37.9 Å². The Hall–Kier alpha value is -0.410. The fourth-order valence-electron chi connectivity index (χ4n) is 2.84. The SMILES string of the molecule is CC(C)N[C@H]1C[C@H](CC(=O)C(C)C)N(C(C)C)C1. The Morgan fingerprint density at radius 3 is 2.28 bits per heavy atom. The molecule has 18 heavy (non-hydrogen) atoms. The molecular formula is C15H30N2O. The molecule has 0 aliphatic carbocycles. The minimum Gasteiger partial charge on any atom is -0.310 e. The molecule has 1 N–H and O–H groups in total. The van der Waals surface area contributed by atoms with Crippen LogP contribution in [0.25, 0.3) is 0 Å². The van der Waals surface area contributed by atoms with E-state index in [-0.39, 0.29) is 5.92 Å². The average Bonchev–Trinajstić information content (AvgIpc) is 2.59. The van der Waals surface area contributed by atoms with Crippen LogP contribution < -0.4 is 5.32 Å². The highest BCUT2D eigenvalue weighted by Crippen LogP contribution is 2.24. The van der Waals surface area contributed by atoms with Crippen molar-refractivity contribution in [2.45, 2.75) is 78.6 Å². The molecule has 1 aliphatic rings. The first kappa shape index (κ1) is 15.6. The lowest BCUT2D eigenvalue weighted by Gasteiger charge is -2.28. The Morgan fingerprint density at radius 2 is 1.83 bits per heavy atom. The van der Waals surface area contributed by atoms with E-state index in [1.807, 2.05) is 13.8 Å². The molecule has 3 heteroatoms. The van der Waals surface area contributed by atoms with Crippen LogP contribution in [0, 0.1) is 5.92 Å². The first-order chi connectivity index (χ1) is 8.31. The summed E-state index contributed by atoms with van der Waals surface area (Å²) in [6, 6.07) is 2.01. The molecule has 2 atom stereocenters. The highest BCUT2D eigenvalue weighted by Gasteiger charge is 2.34. The highest BCUT2D eigenvalue weighted by atomic mass is 16.1. The van der Waals surface area contributed by atoms with Gasteiger partial charge in [0.15, 0.2) is 0 Å². The predicted molar refractivity (Wildman–Crippen MR) is 76.8 cm³/mol. The zero-order valence-corrected chi connectivity index (χ0v) is 12.9. The second kappa shape index (κ2) is 6.67. The van der Waals surface area contributed by atoms with Gasteiger partial charge in [-0.1, -0.05) is 27.7 Å². The summed E-state index contributed by atoms with van der Waals surface area (Å²) in [4.78, 5) is 14.4. The third kappa shape index (κ3) is 4.36. The molecule has 1 saturated heterocycles. The first-order valence-electron chi connectivity index (χ1n) is 7.35. The Bertz CT molecular complexity index is 274. The molecule has 0 amide bonds. The predicted octanol–water partition coefficient (Wildman–Crippen LogP) is 2.45. The molecule has 0 saturated carbocycles. The molecular weight excluding hydrogens is 224 g/mol. The van der Waals surface area contributed by atoms with Crippen LogP contribution in [0.1, 0.15) is 54.4 Å². The molecule has 0 spiro atoms. The van der Waals surface area contributed by atoms with E-state index in [1.54, 1.807) is 0 Å². The molecule has 1 rings (SSSR count). The zero-order valence-electron chi connectivity index (χ0n) is 12.9. The van der Waals surface area contributed by atoms with Crippen molar-refractivity contribution in [2.75, 3.05) is 6.54 Å². The lowest BCUT2D eigenvalue weighted by atomic mass is 9.99. The molecule has 0 unspecified atom stereocenters. The summed E-state index contributed by atoms with van der Waals surface area (Å²) in [7, 11) is 0. The minimum absolute atomic E-state index is 0.163. The molecule has 0 aromatic heterocycles. The Balaban J connectivity index is 2.61. The van der Waals surface area contributed by atoms with Gasteiger partial charge in [0.1, 0.15) is 5.78 Å². The van der Waals surface area contributed by atoms with Crippen LogP contribution in [0.15, 0.2) is 0 Å². The lowest BCUT2D eigenvalue weighted by molar-refractivity contribution is -0.123. The zero-order chi connectivity index (χ0) is 13.9.